The zero-order valence-corrected chi connectivity index (χ0v) is 14.7. The highest BCUT2D eigenvalue weighted by atomic mass is 35.5. The maximum atomic E-state index is 12.3. The van der Waals surface area contributed by atoms with Crippen molar-refractivity contribution in [2.45, 2.75) is 25.9 Å². The third-order valence-electron chi connectivity index (χ3n) is 4.66. The first-order valence-electron chi connectivity index (χ1n) is 8.33. The number of carbonyl (C=O) groups is 1. The molecule has 1 aliphatic rings. The molecule has 1 amide bonds. The molecule has 0 aliphatic carbocycles. The Balaban J connectivity index is 1.44. The SMILES string of the molecule is Cn1c(Cl)cnc1CN1CCC(C(=O)NCc2ccccc2)CC1. The highest BCUT2D eigenvalue weighted by Gasteiger charge is 2.25. The number of nitrogens with zero attached hydrogens (tertiary/aromatic N) is 3. The second kappa shape index (κ2) is 7.81. The first kappa shape index (κ1) is 17.0. The van der Waals surface area contributed by atoms with E-state index in [0.29, 0.717) is 11.7 Å². The first-order valence-corrected chi connectivity index (χ1v) is 8.71. The molecule has 1 saturated heterocycles. The van der Waals surface area contributed by atoms with Crippen LogP contribution in [0, 0.1) is 5.92 Å². The van der Waals surface area contributed by atoms with Crippen molar-refractivity contribution < 1.29 is 4.79 Å². The van der Waals surface area contributed by atoms with E-state index in [-0.39, 0.29) is 11.8 Å². The molecular formula is C18H23ClN4O. The van der Waals surface area contributed by atoms with Gasteiger partial charge in [-0.25, -0.2) is 4.98 Å². The zero-order valence-electron chi connectivity index (χ0n) is 13.9. The Morgan fingerprint density at radius 2 is 2.00 bits per heavy atom. The van der Waals surface area contributed by atoms with E-state index in [0.717, 1.165) is 43.9 Å². The summed E-state index contributed by atoms with van der Waals surface area (Å²) in [4.78, 5) is 19.0. The quantitative estimate of drug-likeness (QED) is 0.905. The molecule has 1 N–H and O–H groups in total. The van der Waals surface area contributed by atoms with Crippen molar-refractivity contribution in [2.24, 2.45) is 13.0 Å². The molecule has 0 radical (unpaired) electrons. The van der Waals surface area contributed by atoms with Crippen LogP contribution >= 0.6 is 11.6 Å². The Labute approximate surface area is 147 Å². The van der Waals surface area contributed by atoms with Gasteiger partial charge in [-0.2, -0.15) is 0 Å². The number of amides is 1. The number of carbonyl (C=O) groups excluding carboxylic acids is 1. The maximum absolute atomic E-state index is 12.3. The van der Waals surface area contributed by atoms with Gasteiger partial charge in [-0.15, -0.1) is 0 Å². The van der Waals surface area contributed by atoms with E-state index in [4.69, 9.17) is 11.6 Å². The molecule has 5 nitrogen and oxygen atoms in total. The van der Waals surface area contributed by atoms with Crippen LogP contribution in [0.5, 0.6) is 0 Å². The minimum atomic E-state index is 0.106. The normalized spacial score (nSPS) is 16.2. The van der Waals surface area contributed by atoms with Gasteiger partial charge in [-0.05, 0) is 31.5 Å². The molecule has 24 heavy (non-hydrogen) atoms. The van der Waals surface area contributed by atoms with Gasteiger partial charge in [0.15, 0.2) is 0 Å². The molecule has 0 spiro atoms. The van der Waals surface area contributed by atoms with Crippen molar-refractivity contribution in [3.8, 4) is 0 Å². The van der Waals surface area contributed by atoms with E-state index >= 15 is 0 Å². The largest absolute Gasteiger partial charge is 0.352 e. The van der Waals surface area contributed by atoms with Crippen LogP contribution in [-0.2, 0) is 24.9 Å². The third kappa shape index (κ3) is 4.16. The van der Waals surface area contributed by atoms with Crippen molar-refractivity contribution in [3.05, 3.63) is 53.1 Å². The van der Waals surface area contributed by atoms with Gasteiger partial charge in [0.05, 0.1) is 12.7 Å². The van der Waals surface area contributed by atoms with E-state index in [9.17, 15) is 4.79 Å². The smallest absolute Gasteiger partial charge is 0.223 e. The summed E-state index contributed by atoms with van der Waals surface area (Å²) in [5.41, 5.74) is 1.13. The minimum absolute atomic E-state index is 0.106. The predicted molar refractivity (Wildman–Crippen MR) is 94.5 cm³/mol. The molecule has 2 aromatic rings. The molecule has 1 aromatic carbocycles. The summed E-state index contributed by atoms with van der Waals surface area (Å²) in [7, 11) is 1.93. The molecular weight excluding hydrogens is 324 g/mol. The van der Waals surface area contributed by atoms with Crippen LogP contribution in [0.15, 0.2) is 36.5 Å². The summed E-state index contributed by atoms with van der Waals surface area (Å²) in [6, 6.07) is 10.0. The summed E-state index contributed by atoms with van der Waals surface area (Å²) in [5, 5.41) is 3.71. The highest BCUT2D eigenvalue weighted by Crippen LogP contribution is 2.20. The molecule has 1 aromatic heterocycles. The summed E-state index contributed by atoms with van der Waals surface area (Å²) in [6.07, 6.45) is 3.46. The van der Waals surface area contributed by atoms with Crippen LogP contribution in [0.3, 0.4) is 0 Å². The highest BCUT2D eigenvalue weighted by molar-refractivity contribution is 6.29. The molecule has 0 saturated carbocycles. The van der Waals surface area contributed by atoms with Gasteiger partial charge >= 0.3 is 0 Å². The van der Waals surface area contributed by atoms with Gasteiger partial charge < -0.3 is 9.88 Å². The Morgan fingerprint density at radius 3 is 2.62 bits per heavy atom. The van der Waals surface area contributed by atoms with E-state index < -0.39 is 0 Å². The first-order chi connectivity index (χ1) is 11.6. The number of aromatic nitrogens is 2. The van der Waals surface area contributed by atoms with Crippen molar-refractivity contribution in [1.82, 2.24) is 19.8 Å². The summed E-state index contributed by atoms with van der Waals surface area (Å²) < 4.78 is 1.90. The second-order valence-corrected chi connectivity index (χ2v) is 6.70. The van der Waals surface area contributed by atoms with E-state index in [1.165, 1.54) is 0 Å². The van der Waals surface area contributed by atoms with Gasteiger partial charge in [-0.3, -0.25) is 9.69 Å². The molecule has 128 valence electrons. The number of benzene rings is 1. The van der Waals surface area contributed by atoms with E-state index in [1.54, 1.807) is 6.20 Å². The van der Waals surface area contributed by atoms with Gasteiger partial charge in [0, 0.05) is 19.5 Å². The van der Waals surface area contributed by atoms with Gasteiger partial charge in [-0.1, -0.05) is 41.9 Å². The standard InChI is InChI=1S/C18H23ClN4O/c1-22-16(19)12-20-17(22)13-23-9-7-15(8-10-23)18(24)21-11-14-5-3-2-4-6-14/h2-6,12,15H,7-11,13H2,1H3,(H,21,24). The summed E-state index contributed by atoms with van der Waals surface area (Å²) in [6.45, 7) is 3.20. The Bertz CT molecular complexity index is 678. The second-order valence-electron chi connectivity index (χ2n) is 6.31. The number of nitrogens with one attached hydrogen (secondary N) is 1. The van der Waals surface area contributed by atoms with Crippen LogP contribution in [0.4, 0.5) is 0 Å². The molecule has 3 rings (SSSR count). The fourth-order valence-corrected chi connectivity index (χ4v) is 3.20. The monoisotopic (exact) mass is 346 g/mol. The van der Waals surface area contributed by atoms with Gasteiger partial charge in [0.1, 0.15) is 11.0 Å². The predicted octanol–water partition coefficient (Wildman–Crippen LogP) is 2.60. The average Bonchev–Trinajstić information content (AvgIpc) is 2.93. The lowest BCUT2D eigenvalue weighted by Gasteiger charge is -2.31. The number of hydrogen-bond acceptors (Lipinski definition) is 3. The van der Waals surface area contributed by atoms with E-state index in [1.807, 2.05) is 41.9 Å². The molecule has 0 bridgehead atoms. The minimum Gasteiger partial charge on any atom is -0.352 e. The number of likely N-dealkylation sites (tertiary alicyclic amines) is 1. The van der Waals surface area contributed by atoms with Gasteiger partial charge in [0.25, 0.3) is 0 Å². The van der Waals surface area contributed by atoms with E-state index in [2.05, 4.69) is 15.2 Å². The van der Waals surface area contributed by atoms with Crippen molar-refractivity contribution >= 4 is 17.5 Å². The topological polar surface area (TPSA) is 50.2 Å². The number of hydrogen-bond donors (Lipinski definition) is 1. The fourth-order valence-electron chi connectivity index (χ4n) is 3.05. The lowest BCUT2D eigenvalue weighted by molar-refractivity contribution is -0.126. The van der Waals surface area contributed by atoms with Crippen molar-refractivity contribution in [3.63, 3.8) is 0 Å². The number of rotatable bonds is 5. The van der Waals surface area contributed by atoms with Crippen LogP contribution < -0.4 is 5.32 Å². The summed E-state index contributed by atoms with van der Waals surface area (Å²) >= 11 is 6.03. The number of halogens is 1. The Hall–Kier alpha value is -1.85. The fraction of sp³-hybridized carbons (Fsp3) is 0.444. The molecule has 1 fully saturated rings. The average molecular weight is 347 g/mol. The molecule has 1 aliphatic heterocycles. The lowest BCUT2D eigenvalue weighted by Crippen LogP contribution is -2.40. The zero-order chi connectivity index (χ0) is 16.9. The van der Waals surface area contributed by atoms with Crippen LogP contribution in [0.2, 0.25) is 5.15 Å². The molecule has 6 heteroatoms. The van der Waals surface area contributed by atoms with Crippen LogP contribution in [-0.4, -0.2) is 33.4 Å². The number of imidazole rings is 1. The van der Waals surface area contributed by atoms with Crippen LogP contribution in [0.25, 0.3) is 0 Å². The number of piperidine rings is 1. The van der Waals surface area contributed by atoms with Crippen molar-refractivity contribution in [2.75, 3.05) is 13.1 Å². The molecule has 2 heterocycles. The Morgan fingerprint density at radius 1 is 1.29 bits per heavy atom. The van der Waals surface area contributed by atoms with Crippen molar-refractivity contribution in [1.29, 1.82) is 0 Å². The van der Waals surface area contributed by atoms with Gasteiger partial charge in [0.2, 0.25) is 5.91 Å². The van der Waals surface area contributed by atoms with Crippen LogP contribution in [0.1, 0.15) is 24.2 Å². The Kier molecular flexibility index (Phi) is 5.53. The maximum Gasteiger partial charge on any atom is 0.223 e. The lowest BCUT2D eigenvalue weighted by atomic mass is 9.96. The molecule has 0 unspecified atom stereocenters. The third-order valence-corrected chi connectivity index (χ3v) is 5.01. The molecule has 0 atom stereocenters. The summed E-state index contributed by atoms with van der Waals surface area (Å²) in [5.74, 6) is 1.24.